The summed E-state index contributed by atoms with van der Waals surface area (Å²) in [5.74, 6) is 0.0927. The zero-order valence-electron chi connectivity index (χ0n) is 12.6. The first-order valence-electron chi connectivity index (χ1n) is 8.07. The minimum atomic E-state index is -0.0424. The summed E-state index contributed by atoms with van der Waals surface area (Å²) in [4.78, 5) is 12.3. The van der Waals surface area contributed by atoms with Crippen molar-refractivity contribution in [1.82, 2.24) is 5.32 Å². The van der Waals surface area contributed by atoms with E-state index in [0.29, 0.717) is 0 Å². The lowest BCUT2D eigenvalue weighted by Crippen LogP contribution is -2.43. The second-order valence-corrected chi connectivity index (χ2v) is 6.20. The smallest absolute Gasteiger partial charge is 0.241 e. The van der Waals surface area contributed by atoms with Crippen molar-refractivity contribution in [3.8, 4) is 11.1 Å². The minimum absolute atomic E-state index is 0.0424. The Hall–Kier alpha value is -2.13. The van der Waals surface area contributed by atoms with Gasteiger partial charge >= 0.3 is 0 Å². The highest BCUT2D eigenvalue weighted by molar-refractivity contribution is 5.95. The average Bonchev–Trinajstić information content (AvgIpc) is 2.93. The summed E-state index contributed by atoms with van der Waals surface area (Å²) in [6.07, 6.45) is 4.19. The number of piperidine rings is 1. The molecule has 0 bridgehead atoms. The van der Waals surface area contributed by atoms with Crippen LogP contribution in [0.2, 0.25) is 0 Å². The van der Waals surface area contributed by atoms with Gasteiger partial charge in [-0.15, -0.1) is 0 Å². The number of hydrogen-bond donors (Lipinski definition) is 2. The van der Waals surface area contributed by atoms with Gasteiger partial charge in [0, 0.05) is 5.69 Å². The molecule has 3 heteroatoms. The molecule has 112 valence electrons. The number of benzene rings is 2. The van der Waals surface area contributed by atoms with Crippen LogP contribution in [0.1, 0.15) is 30.4 Å². The van der Waals surface area contributed by atoms with Gasteiger partial charge in [0.1, 0.15) is 0 Å². The van der Waals surface area contributed by atoms with Gasteiger partial charge in [-0.2, -0.15) is 0 Å². The third-order valence-corrected chi connectivity index (χ3v) is 4.69. The van der Waals surface area contributed by atoms with Crippen LogP contribution in [0.15, 0.2) is 42.5 Å². The van der Waals surface area contributed by atoms with Crippen LogP contribution in [0.25, 0.3) is 11.1 Å². The fraction of sp³-hybridized carbons (Fsp3) is 0.316. The average molecular weight is 292 g/mol. The van der Waals surface area contributed by atoms with Gasteiger partial charge < -0.3 is 10.6 Å². The van der Waals surface area contributed by atoms with E-state index in [9.17, 15) is 4.79 Å². The number of carbonyl (C=O) groups excluding carboxylic acids is 1. The molecule has 2 aliphatic rings. The Kier molecular flexibility index (Phi) is 3.43. The Morgan fingerprint density at radius 1 is 1.05 bits per heavy atom. The number of fused-ring (bicyclic) bond motifs is 3. The molecule has 1 fully saturated rings. The number of carbonyl (C=O) groups is 1. The summed E-state index contributed by atoms with van der Waals surface area (Å²) in [5, 5.41) is 6.36. The molecule has 2 N–H and O–H groups in total. The zero-order chi connectivity index (χ0) is 14.9. The SMILES string of the molecule is O=C(Nc1ccc2c(c1)Cc1ccccc1-2)[C@H]1CCCCN1. The number of hydrogen-bond acceptors (Lipinski definition) is 2. The first-order chi connectivity index (χ1) is 10.8. The Morgan fingerprint density at radius 3 is 2.77 bits per heavy atom. The monoisotopic (exact) mass is 292 g/mol. The number of nitrogens with one attached hydrogen (secondary N) is 2. The highest BCUT2D eigenvalue weighted by Crippen LogP contribution is 2.37. The molecule has 2 aromatic rings. The Balaban J connectivity index is 1.53. The summed E-state index contributed by atoms with van der Waals surface area (Å²) < 4.78 is 0. The lowest BCUT2D eigenvalue weighted by atomic mass is 10.0. The molecule has 4 rings (SSSR count). The molecule has 0 saturated carbocycles. The van der Waals surface area contributed by atoms with Crippen LogP contribution in [0.5, 0.6) is 0 Å². The molecule has 1 amide bonds. The van der Waals surface area contributed by atoms with Crippen molar-refractivity contribution in [1.29, 1.82) is 0 Å². The lowest BCUT2D eigenvalue weighted by Gasteiger charge is -2.22. The van der Waals surface area contributed by atoms with Gasteiger partial charge in [-0.25, -0.2) is 0 Å². The molecule has 22 heavy (non-hydrogen) atoms. The molecule has 1 aliphatic carbocycles. The molecule has 0 spiro atoms. The predicted molar refractivity (Wildman–Crippen MR) is 89.0 cm³/mol. The molecule has 1 heterocycles. The summed E-state index contributed by atoms with van der Waals surface area (Å²) in [6.45, 7) is 0.942. The fourth-order valence-corrected chi connectivity index (χ4v) is 3.53. The van der Waals surface area contributed by atoms with Crippen molar-refractivity contribution in [3.05, 3.63) is 53.6 Å². The van der Waals surface area contributed by atoms with Crippen molar-refractivity contribution in [2.24, 2.45) is 0 Å². The molecule has 0 unspecified atom stereocenters. The van der Waals surface area contributed by atoms with Crippen LogP contribution in [0, 0.1) is 0 Å². The van der Waals surface area contributed by atoms with Crippen molar-refractivity contribution >= 4 is 11.6 Å². The quantitative estimate of drug-likeness (QED) is 0.760. The van der Waals surface area contributed by atoms with Crippen molar-refractivity contribution in [2.75, 3.05) is 11.9 Å². The van der Waals surface area contributed by atoms with Crippen molar-refractivity contribution in [3.63, 3.8) is 0 Å². The molecule has 3 nitrogen and oxygen atoms in total. The molecular formula is C19H20N2O. The second kappa shape index (κ2) is 5.58. The Labute approximate surface area is 130 Å². The topological polar surface area (TPSA) is 41.1 Å². The third kappa shape index (κ3) is 2.42. The fourth-order valence-electron chi connectivity index (χ4n) is 3.53. The third-order valence-electron chi connectivity index (χ3n) is 4.69. The van der Waals surface area contributed by atoms with Crippen LogP contribution < -0.4 is 10.6 Å². The van der Waals surface area contributed by atoms with Gasteiger partial charge in [-0.3, -0.25) is 4.79 Å². The second-order valence-electron chi connectivity index (χ2n) is 6.20. The summed E-state index contributed by atoms with van der Waals surface area (Å²) >= 11 is 0. The van der Waals surface area contributed by atoms with E-state index in [4.69, 9.17) is 0 Å². The van der Waals surface area contributed by atoms with E-state index in [1.54, 1.807) is 0 Å². The van der Waals surface area contributed by atoms with E-state index in [0.717, 1.165) is 31.5 Å². The van der Waals surface area contributed by atoms with Gasteiger partial charge in [0.05, 0.1) is 6.04 Å². The van der Waals surface area contributed by atoms with Crippen LogP contribution in [0.4, 0.5) is 5.69 Å². The predicted octanol–water partition coefficient (Wildman–Crippen LogP) is 3.34. The van der Waals surface area contributed by atoms with Gasteiger partial charge in [0.25, 0.3) is 0 Å². The van der Waals surface area contributed by atoms with E-state index in [-0.39, 0.29) is 11.9 Å². The Bertz CT molecular complexity index is 717. The summed E-state index contributed by atoms with van der Waals surface area (Å²) in [7, 11) is 0. The number of amides is 1. The number of rotatable bonds is 2. The van der Waals surface area contributed by atoms with Crippen LogP contribution in [-0.2, 0) is 11.2 Å². The first-order valence-corrected chi connectivity index (χ1v) is 8.07. The maximum atomic E-state index is 12.3. The maximum absolute atomic E-state index is 12.3. The van der Waals surface area contributed by atoms with Gasteiger partial charge in [0.2, 0.25) is 5.91 Å². The molecule has 0 aromatic heterocycles. The molecule has 1 aliphatic heterocycles. The minimum Gasteiger partial charge on any atom is -0.325 e. The van der Waals surface area contributed by atoms with Gasteiger partial charge in [-0.1, -0.05) is 36.8 Å². The molecule has 2 aromatic carbocycles. The Morgan fingerprint density at radius 2 is 1.91 bits per heavy atom. The van der Waals surface area contributed by atoms with Crippen molar-refractivity contribution < 1.29 is 4.79 Å². The largest absolute Gasteiger partial charge is 0.325 e. The maximum Gasteiger partial charge on any atom is 0.241 e. The van der Waals surface area contributed by atoms with E-state index in [1.165, 1.54) is 28.7 Å². The van der Waals surface area contributed by atoms with Gasteiger partial charge in [0.15, 0.2) is 0 Å². The van der Waals surface area contributed by atoms with E-state index in [2.05, 4.69) is 47.0 Å². The van der Waals surface area contributed by atoms with Crippen LogP contribution in [-0.4, -0.2) is 18.5 Å². The highest BCUT2D eigenvalue weighted by atomic mass is 16.2. The van der Waals surface area contributed by atoms with Crippen LogP contribution in [0.3, 0.4) is 0 Å². The zero-order valence-corrected chi connectivity index (χ0v) is 12.6. The first kappa shape index (κ1) is 13.5. The normalized spacial score (nSPS) is 19.4. The van der Waals surface area contributed by atoms with Crippen LogP contribution >= 0.6 is 0 Å². The lowest BCUT2D eigenvalue weighted by molar-refractivity contribution is -0.118. The molecule has 0 radical (unpaired) electrons. The van der Waals surface area contributed by atoms with E-state index < -0.39 is 0 Å². The van der Waals surface area contributed by atoms with E-state index >= 15 is 0 Å². The molecule has 1 saturated heterocycles. The highest BCUT2D eigenvalue weighted by Gasteiger charge is 2.22. The summed E-state index contributed by atoms with van der Waals surface area (Å²) in [5.41, 5.74) is 6.20. The van der Waals surface area contributed by atoms with Gasteiger partial charge in [-0.05, 0) is 60.2 Å². The molecule has 1 atom stereocenters. The standard InChI is InChI=1S/C19H20N2O/c22-19(18-7-3-4-10-20-18)21-15-8-9-17-14(12-15)11-13-5-1-2-6-16(13)17/h1-2,5-6,8-9,12,18,20H,3-4,7,10-11H2,(H,21,22)/t18-/m1/s1. The van der Waals surface area contributed by atoms with Crippen molar-refractivity contribution in [2.45, 2.75) is 31.7 Å². The summed E-state index contributed by atoms with van der Waals surface area (Å²) in [6, 6.07) is 14.7. The number of anilines is 1. The molecular weight excluding hydrogens is 272 g/mol. The van der Waals surface area contributed by atoms with E-state index in [1.807, 2.05) is 6.07 Å².